The van der Waals surface area contributed by atoms with Crippen LogP contribution in [0, 0.1) is 6.92 Å². The van der Waals surface area contributed by atoms with E-state index in [9.17, 15) is 4.79 Å². The van der Waals surface area contributed by atoms with E-state index in [0.717, 1.165) is 58.1 Å². The van der Waals surface area contributed by atoms with Gasteiger partial charge in [0.25, 0.3) is 5.91 Å². The number of carbonyl (C=O) groups excluding carboxylic acids is 1. The predicted octanol–water partition coefficient (Wildman–Crippen LogP) is 2.74. The van der Waals surface area contributed by atoms with Crippen molar-refractivity contribution in [3.63, 3.8) is 0 Å². The minimum absolute atomic E-state index is 0.104. The Morgan fingerprint density at radius 2 is 2.00 bits per heavy atom. The van der Waals surface area contributed by atoms with Crippen LogP contribution in [0.4, 0.5) is 0 Å². The van der Waals surface area contributed by atoms with Gasteiger partial charge < -0.3 is 9.64 Å². The molecule has 24 heavy (non-hydrogen) atoms. The summed E-state index contributed by atoms with van der Waals surface area (Å²) in [7, 11) is 0. The third-order valence-electron chi connectivity index (χ3n) is 4.52. The van der Waals surface area contributed by atoms with Gasteiger partial charge in [-0.3, -0.25) is 14.7 Å². The van der Waals surface area contributed by atoms with Crippen LogP contribution in [0.5, 0.6) is 0 Å². The summed E-state index contributed by atoms with van der Waals surface area (Å²) in [5, 5.41) is 0. The molecule has 2 heterocycles. The first-order valence-electron chi connectivity index (χ1n) is 9.22. The van der Waals surface area contributed by atoms with E-state index in [1.807, 2.05) is 24.0 Å². The first-order valence-corrected chi connectivity index (χ1v) is 9.22. The number of aryl methyl sites for hydroxylation is 1. The number of nitrogens with zero attached hydrogens (tertiary/aromatic N) is 3. The average Bonchev–Trinajstić information content (AvgIpc) is 2.62. The summed E-state index contributed by atoms with van der Waals surface area (Å²) in [5.74, 6) is 0.104. The van der Waals surface area contributed by atoms with Gasteiger partial charge in [-0.1, -0.05) is 26.2 Å². The lowest BCUT2D eigenvalue weighted by Gasteiger charge is -2.30. The van der Waals surface area contributed by atoms with E-state index in [1.54, 1.807) is 6.20 Å². The van der Waals surface area contributed by atoms with Crippen LogP contribution < -0.4 is 0 Å². The highest BCUT2D eigenvalue weighted by Gasteiger charge is 2.18. The molecule has 2 rings (SSSR count). The predicted molar refractivity (Wildman–Crippen MR) is 96.3 cm³/mol. The van der Waals surface area contributed by atoms with Crippen LogP contribution in [0.3, 0.4) is 0 Å². The Hall–Kier alpha value is -1.46. The van der Waals surface area contributed by atoms with Crippen molar-refractivity contribution in [2.45, 2.75) is 39.5 Å². The standard InChI is InChI=1S/C19H31N3O2/c1-3-4-5-6-9-22(11-10-21-12-14-24-15-13-21)19(23)18-8-7-17(2)20-16-18/h7-8,16H,3-6,9-15H2,1-2H3. The summed E-state index contributed by atoms with van der Waals surface area (Å²) >= 11 is 0. The first-order chi connectivity index (χ1) is 11.7. The molecule has 0 saturated carbocycles. The minimum Gasteiger partial charge on any atom is -0.379 e. The Morgan fingerprint density at radius 3 is 2.67 bits per heavy atom. The van der Waals surface area contributed by atoms with Gasteiger partial charge in [-0.05, 0) is 25.5 Å². The highest BCUT2D eigenvalue weighted by molar-refractivity contribution is 5.93. The molecule has 0 N–H and O–H groups in total. The van der Waals surface area contributed by atoms with Crippen molar-refractivity contribution in [2.75, 3.05) is 45.9 Å². The molecule has 5 nitrogen and oxygen atoms in total. The van der Waals surface area contributed by atoms with E-state index in [4.69, 9.17) is 4.74 Å². The van der Waals surface area contributed by atoms with Gasteiger partial charge in [0.2, 0.25) is 0 Å². The molecule has 0 radical (unpaired) electrons. The average molecular weight is 333 g/mol. The van der Waals surface area contributed by atoms with Crippen LogP contribution in [0.25, 0.3) is 0 Å². The molecular formula is C19H31N3O2. The number of ether oxygens (including phenoxy) is 1. The highest BCUT2D eigenvalue weighted by Crippen LogP contribution is 2.09. The van der Waals surface area contributed by atoms with E-state index in [1.165, 1.54) is 19.3 Å². The molecule has 0 aromatic carbocycles. The Kier molecular flexibility index (Phi) is 8.19. The third kappa shape index (κ3) is 6.21. The molecule has 1 aromatic heterocycles. The van der Waals surface area contributed by atoms with Gasteiger partial charge in [-0.15, -0.1) is 0 Å². The van der Waals surface area contributed by atoms with Crippen LogP contribution in [0.1, 0.15) is 48.7 Å². The monoisotopic (exact) mass is 333 g/mol. The molecule has 1 saturated heterocycles. The molecule has 0 unspecified atom stereocenters. The Balaban J connectivity index is 1.92. The second kappa shape index (κ2) is 10.4. The fraction of sp³-hybridized carbons (Fsp3) is 0.684. The fourth-order valence-corrected chi connectivity index (χ4v) is 2.91. The second-order valence-corrected chi connectivity index (χ2v) is 6.50. The number of aromatic nitrogens is 1. The SMILES string of the molecule is CCCCCCN(CCN1CCOCC1)C(=O)c1ccc(C)nc1. The summed E-state index contributed by atoms with van der Waals surface area (Å²) in [6, 6.07) is 3.79. The number of amides is 1. The summed E-state index contributed by atoms with van der Waals surface area (Å²) in [6.45, 7) is 10.2. The van der Waals surface area contributed by atoms with Crippen LogP contribution in [0.2, 0.25) is 0 Å². The first kappa shape index (κ1) is 18.9. The van der Waals surface area contributed by atoms with Gasteiger partial charge >= 0.3 is 0 Å². The van der Waals surface area contributed by atoms with Crippen molar-refractivity contribution >= 4 is 5.91 Å². The molecule has 1 amide bonds. The zero-order valence-electron chi connectivity index (χ0n) is 15.2. The Morgan fingerprint density at radius 1 is 1.21 bits per heavy atom. The zero-order valence-corrected chi connectivity index (χ0v) is 15.2. The van der Waals surface area contributed by atoms with Crippen molar-refractivity contribution in [3.05, 3.63) is 29.6 Å². The van der Waals surface area contributed by atoms with Crippen molar-refractivity contribution in [1.82, 2.24) is 14.8 Å². The summed E-state index contributed by atoms with van der Waals surface area (Å²) < 4.78 is 5.40. The van der Waals surface area contributed by atoms with Gasteiger partial charge in [0.05, 0.1) is 18.8 Å². The zero-order chi connectivity index (χ0) is 17.2. The van der Waals surface area contributed by atoms with Crippen LogP contribution in [0.15, 0.2) is 18.3 Å². The van der Waals surface area contributed by atoms with E-state index >= 15 is 0 Å². The van der Waals surface area contributed by atoms with Crippen LogP contribution >= 0.6 is 0 Å². The molecule has 0 spiro atoms. The highest BCUT2D eigenvalue weighted by atomic mass is 16.5. The summed E-state index contributed by atoms with van der Waals surface area (Å²) in [6.07, 6.45) is 6.40. The Labute approximate surface area is 146 Å². The Bertz CT molecular complexity index is 484. The lowest BCUT2D eigenvalue weighted by atomic mass is 10.1. The van der Waals surface area contributed by atoms with Gasteiger partial charge in [0.1, 0.15) is 0 Å². The number of rotatable bonds is 9. The minimum atomic E-state index is 0.104. The van der Waals surface area contributed by atoms with E-state index in [-0.39, 0.29) is 5.91 Å². The van der Waals surface area contributed by atoms with Crippen molar-refractivity contribution in [1.29, 1.82) is 0 Å². The lowest BCUT2D eigenvalue weighted by Crippen LogP contribution is -2.43. The van der Waals surface area contributed by atoms with Gasteiger partial charge in [-0.2, -0.15) is 0 Å². The number of hydrogen-bond acceptors (Lipinski definition) is 4. The van der Waals surface area contributed by atoms with E-state index < -0.39 is 0 Å². The molecule has 1 aromatic rings. The quantitative estimate of drug-likeness (QED) is 0.652. The number of unbranched alkanes of at least 4 members (excludes halogenated alkanes) is 3. The van der Waals surface area contributed by atoms with E-state index in [2.05, 4.69) is 16.8 Å². The maximum absolute atomic E-state index is 12.8. The summed E-state index contributed by atoms with van der Waals surface area (Å²) in [4.78, 5) is 21.5. The lowest BCUT2D eigenvalue weighted by molar-refractivity contribution is 0.0324. The molecule has 1 aliphatic rings. The molecule has 0 aliphatic carbocycles. The molecule has 134 valence electrons. The number of carbonyl (C=O) groups is 1. The van der Waals surface area contributed by atoms with Crippen molar-refractivity contribution < 1.29 is 9.53 Å². The second-order valence-electron chi connectivity index (χ2n) is 6.50. The smallest absolute Gasteiger partial charge is 0.255 e. The number of morpholine rings is 1. The fourth-order valence-electron chi connectivity index (χ4n) is 2.91. The maximum atomic E-state index is 12.8. The topological polar surface area (TPSA) is 45.7 Å². The molecule has 1 aliphatic heterocycles. The van der Waals surface area contributed by atoms with Crippen LogP contribution in [-0.2, 0) is 4.74 Å². The van der Waals surface area contributed by atoms with Gasteiger partial charge in [0, 0.05) is 44.6 Å². The molecule has 0 bridgehead atoms. The normalized spacial score (nSPS) is 15.4. The molecule has 5 heteroatoms. The van der Waals surface area contributed by atoms with Crippen LogP contribution in [-0.4, -0.2) is 66.6 Å². The molecule has 1 fully saturated rings. The maximum Gasteiger partial charge on any atom is 0.255 e. The number of hydrogen-bond donors (Lipinski definition) is 0. The van der Waals surface area contributed by atoms with Crippen molar-refractivity contribution in [3.8, 4) is 0 Å². The third-order valence-corrected chi connectivity index (χ3v) is 4.52. The molecular weight excluding hydrogens is 302 g/mol. The summed E-state index contributed by atoms with van der Waals surface area (Å²) in [5.41, 5.74) is 1.63. The number of pyridine rings is 1. The van der Waals surface area contributed by atoms with Gasteiger partial charge in [0.15, 0.2) is 0 Å². The largest absolute Gasteiger partial charge is 0.379 e. The van der Waals surface area contributed by atoms with Crippen molar-refractivity contribution in [2.24, 2.45) is 0 Å². The van der Waals surface area contributed by atoms with E-state index in [0.29, 0.717) is 5.56 Å². The molecule has 0 atom stereocenters. The van der Waals surface area contributed by atoms with Gasteiger partial charge in [-0.25, -0.2) is 0 Å².